The van der Waals surface area contributed by atoms with Crippen LogP contribution in [-0.4, -0.2) is 22.9 Å². The zero-order valence-electron chi connectivity index (χ0n) is 5.64. The molecule has 0 unspecified atom stereocenters. The van der Waals surface area contributed by atoms with E-state index in [1.807, 2.05) is 5.16 Å². The molecule has 0 spiro atoms. The molecule has 0 aromatic heterocycles. The molecular formula is C5H6F3NO2. The van der Waals surface area contributed by atoms with Crippen molar-refractivity contribution in [2.24, 2.45) is 5.16 Å². The summed E-state index contributed by atoms with van der Waals surface area (Å²) in [5.74, 6) is -0.699. The average Bonchev–Trinajstić information content (AvgIpc) is 1.79. The number of Topliss-reactive ketones (excluding diaryl/α,β-unsaturated/α-hetero) is 1. The molecule has 0 aliphatic carbocycles. The van der Waals surface area contributed by atoms with E-state index in [0.29, 0.717) is 0 Å². The van der Waals surface area contributed by atoms with E-state index in [4.69, 9.17) is 5.21 Å². The second-order valence-corrected chi connectivity index (χ2v) is 1.92. The van der Waals surface area contributed by atoms with Gasteiger partial charge in [0.1, 0.15) is 5.78 Å². The summed E-state index contributed by atoms with van der Waals surface area (Å²) in [5.41, 5.74) is -1.47. The molecule has 0 radical (unpaired) electrons. The molecule has 0 saturated heterocycles. The molecule has 0 heterocycles. The van der Waals surface area contributed by atoms with Crippen LogP contribution in [0.25, 0.3) is 0 Å². The Morgan fingerprint density at radius 1 is 1.55 bits per heavy atom. The van der Waals surface area contributed by atoms with Gasteiger partial charge in [0.25, 0.3) is 0 Å². The number of nitrogens with zero attached hydrogens (tertiary/aromatic N) is 1. The summed E-state index contributed by atoms with van der Waals surface area (Å²) >= 11 is 0. The first-order valence-electron chi connectivity index (χ1n) is 2.65. The normalized spacial score (nSPS) is 13.3. The van der Waals surface area contributed by atoms with E-state index in [1.165, 1.54) is 0 Å². The van der Waals surface area contributed by atoms with Gasteiger partial charge in [0, 0.05) is 0 Å². The van der Waals surface area contributed by atoms with Gasteiger partial charge in [-0.25, -0.2) is 0 Å². The zero-order chi connectivity index (χ0) is 9.07. The third kappa shape index (κ3) is 3.59. The van der Waals surface area contributed by atoms with Crippen LogP contribution in [0.3, 0.4) is 0 Å². The number of ketones is 1. The molecule has 0 aromatic rings. The van der Waals surface area contributed by atoms with Crippen LogP contribution in [0.5, 0.6) is 0 Å². The van der Waals surface area contributed by atoms with Gasteiger partial charge in [-0.1, -0.05) is 5.16 Å². The molecule has 0 rings (SSSR count). The van der Waals surface area contributed by atoms with Gasteiger partial charge in [-0.05, 0) is 6.92 Å². The molecule has 0 aliphatic heterocycles. The van der Waals surface area contributed by atoms with Crippen LogP contribution in [0, 0.1) is 0 Å². The maximum atomic E-state index is 11.6. The number of rotatable bonds is 2. The van der Waals surface area contributed by atoms with Crippen molar-refractivity contribution in [1.29, 1.82) is 0 Å². The third-order valence-electron chi connectivity index (χ3n) is 0.864. The Morgan fingerprint density at radius 2 is 2.00 bits per heavy atom. The lowest BCUT2D eigenvalue weighted by molar-refractivity contribution is -0.117. The summed E-state index contributed by atoms with van der Waals surface area (Å²) < 4.78 is 34.9. The van der Waals surface area contributed by atoms with Crippen molar-refractivity contribution in [2.75, 3.05) is 0 Å². The van der Waals surface area contributed by atoms with Gasteiger partial charge in [0.05, 0.1) is 6.42 Å². The van der Waals surface area contributed by atoms with Crippen LogP contribution < -0.4 is 0 Å². The molecule has 6 heteroatoms. The standard InChI is InChI=1S/C5H6F3NO2/c1-3(10)2-4(9-11)5(6,7)8/h11H,2H2,1H3/b9-4+. The predicted molar refractivity (Wildman–Crippen MR) is 30.6 cm³/mol. The van der Waals surface area contributed by atoms with E-state index in [1.54, 1.807) is 0 Å². The summed E-state index contributed by atoms with van der Waals surface area (Å²) in [4.78, 5) is 10.2. The summed E-state index contributed by atoms with van der Waals surface area (Å²) in [5, 5.41) is 9.80. The Kier molecular flexibility index (Phi) is 3.03. The third-order valence-corrected chi connectivity index (χ3v) is 0.864. The van der Waals surface area contributed by atoms with Crippen molar-refractivity contribution in [3.8, 4) is 0 Å². The fourth-order valence-corrected chi connectivity index (χ4v) is 0.428. The zero-order valence-corrected chi connectivity index (χ0v) is 5.64. The fourth-order valence-electron chi connectivity index (χ4n) is 0.428. The molecule has 0 aliphatic rings. The fraction of sp³-hybridized carbons (Fsp3) is 0.600. The molecule has 64 valence electrons. The van der Waals surface area contributed by atoms with E-state index in [0.717, 1.165) is 6.92 Å². The van der Waals surface area contributed by atoms with E-state index < -0.39 is 24.1 Å². The highest BCUT2D eigenvalue weighted by Crippen LogP contribution is 2.19. The van der Waals surface area contributed by atoms with Crippen LogP contribution in [0.2, 0.25) is 0 Å². The number of halogens is 3. The lowest BCUT2D eigenvalue weighted by Gasteiger charge is -2.05. The van der Waals surface area contributed by atoms with Crippen LogP contribution >= 0.6 is 0 Å². The van der Waals surface area contributed by atoms with Crippen molar-refractivity contribution < 1.29 is 23.2 Å². The SMILES string of the molecule is CC(=O)C/C(=N\O)C(F)(F)F. The van der Waals surface area contributed by atoms with Gasteiger partial charge in [0.15, 0.2) is 5.71 Å². The summed E-state index contributed by atoms with van der Waals surface area (Å²) in [6.45, 7) is 0.983. The van der Waals surface area contributed by atoms with Gasteiger partial charge in [-0.2, -0.15) is 13.2 Å². The lowest BCUT2D eigenvalue weighted by atomic mass is 10.2. The molecule has 0 atom stereocenters. The Morgan fingerprint density at radius 3 is 2.09 bits per heavy atom. The average molecular weight is 169 g/mol. The molecule has 0 amide bonds. The number of alkyl halides is 3. The van der Waals surface area contributed by atoms with Gasteiger partial charge in [-0.3, -0.25) is 4.79 Å². The van der Waals surface area contributed by atoms with E-state index >= 15 is 0 Å². The van der Waals surface area contributed by atoms with Gasteiger partial charge in [0.2, 0.25) is 0 Å². The maximum absolute atomic E-state index is 11.6. The van der Waals surface area contributed by atoms with Crippen molar-refractivity contribution in [2.45, 2.75) is 19.5 Å². The van der Waals surface area contributed by atoms with E-state index in [-0.39, 0.29) is 0 Å². The van der Waals surface area contributed by atoms with Crippen molar-refractivity contribution in [3.05, 3.63) is 0 Å². The van der Waals surface area contributed by atoms with Crippen LogP contribution in [0.15, 0.2) is 5.16 Å². The molecule has 3 nitrogen and oxygen atoms in total. The Hall–Kier alpha value is -1.07. The first-order chi connectivity index (χ1) is 4.88. The largest absolute Gasteiger partial charge is 0.433 e. The molecule has 1 N–H and O–H groups in total. The summed E-state index contributed by atoms with van der Waals surface area (Å²) in [7, 11) is 0. The molecule has 11 heavy (non-hydrogen) atoms. The van der Waals surface area contributed by atoms with Crippen LogP contribution in [-0.2, 0) is 4.79 Å². The number of hydrogen-bond donors (Lipinski definition) is 1. The first kappa shape index (κ1) is 9.93. The lowest BCUT2D eigenvalue weighted by Crippen LogP contribution is -2.24. The second-order valence-electron chi connectivity index (χ2n) is 1.92. The van der Waals surface area contributed by atoms with Gasteiger partial charge in [-0.15, -0.1) is 0 Å². The molecule has 0 saturated carbocycles. The number of carbonyl (C=O) groups excluding carboxylic acids is 1. The number of carbonyl (C=O) groups is 1. The second kappa shape index (κ2) is 3.36. The molecular weight excluding hydrogens is 163 g/mol. The predicted octanol–water partition coefficient (Wildman–Crippen LogP) is 1.36. The van der Waals surface area contributed by atoms with Gasteiger partial charge < -0.3 is 5.21 Å². The monoisotopic (exact) mass is 169 g/mol. The molecule has 0 bridgehead atoms. The van der Waals surface area contributed by atoms with Crippen LogP contribution in [0.4, 0.5) is 13.2 Å². The minimum atomic E-state index is -4.72. The minimum absolute atomic E-state index is 0.699. The van der Waals surface area contributed by atoms with E-state index in [9.17, 15) is 18.0 Å². The summed E-state index contributed by atoms with van der Waals surface area (Å²) in [6, 6.07) is 0. The molecule has 0 aromatic carbocycles. The highest BCUT2D eigenvalue weighted by Gasteiger charge is 2.36. The smallest absolute Gasteiger partial charge is 0.411 e. The van der Waals surface area contributed by atoms with E-state index in [2.05, 4.69) is 0 Å². The topological polar surface area (TPSA) is 49.7 Å². The Labute approximate surface area is 60.5 Å². The quantitative estimate of drug-likeness (QED) is 0.385. The van der Waals surface area contributed by atoms with Crippen molar-refractivity contribution in [1.82, 2.24) is 0 Å². The van der Waals surface area contributed by atoms with Crippen LogP contribution in [0.1, 0.15) is 13.3 Å². The number of oxime groups is 1. The minimum Gasteiger partial charge on any atom is -0.411 e. The Bertz CT molecular complexity index is 185. The molecule has 0 fully saturated rings. The van der Waals surface area contributed by atoms with Crippen molar-refractivity contribution >= 4 is 11.5 Å². The number of hydrogen-bond acceptors (Lipinski definition) is 3. The van der Waals surface area contributed by atoms with Gasteiger partial charge >= 0.3 is 6.18 Å². The highest BCUT2D eigenvalue weighted by atomic mass is 19.4. The first-order valence-corrected chi connectivity index (χ1v) is 2.65. The highest BCUT2D eigenvalue weighted by molar-refractivity contribution is 6.03. The Balaban J connectivity index is 4.33. The van der Waals surface area contributed by atoms with Crippen molar-refractivity contribution in [3.63, 3.8) is 0 Å². The maximum Gasteiger partial charge on any atom is 0.433 e. The summed E-state index contributed by atoms with van der Waals surface area (Å²) in [6.07, 6.45) is -5.61.